The van der Waals surface area contributed by atoms with Crippen molar-refractivity contribution in [2.45, 2.75) is 44.1 Å². The molecule has 0 aromatic heterocycles. The lowest BCUT2D eigenvalue weighted by Crippen LogP contribution is -2.24. The third-order valence-electron chi connectivity index (χ3n) is 6.33. The summed E-state index contributed by atoms with van der Waals surface area (Å²) in [5.74, 6) is 0.671. The molecule has 1 fully saturated rings. The molecule has 0 saturated heterocycles. The average Bonchev–Trinajstić information content (AvgIpc) is 3.19. The van der Waals surface area contributed by atoms with Gasteiger partial charge in [0.1, 0.15) is 6.42 Å². The molecule has 29 heavy (non-hydrogen) atoms. The van der Waals surface area contributed by atoms with Gasteiger partial charge in [0.25, 0.3) is 0 Å². The SMILES string of the molecule is CI.[CH2+]Cc1ccc(-c2cccc(-c3cccc4c3C3CCCCC3N4)c2)cc1. The van der Waals surface area contributed by atoms with Crippen LogP contribution in [0.5, 0.6) is 0 Å². The Hall–Kier alpha value is -1.94. The van der Waals surface area contributed by atoms with Gasteiger partial charge >= 0.3 is 0 Å². The molecule has 3 aromatic carbocycles. The van der Waals surface area contributed by atoms with E-state index in [1.165, 1.54) is 59.2 Å². The van der Waals surface area contributed by atoms with Gasteiger partial charge in [-0.15, -0.1) is 0 Å². The summed E-state index contributed by atoms with van der Waals surface area (Å²) in [5, 5.41) is 3.80. The van der Waals surface area contributed by atoms with Crippen molar-refractivity contribution in [3.63, 3.8) is 0 Å². The molecule has 2 atom stereocenters. The second kappa shape index (κ2) is 9.25. The lowest BCUT2D eigenvalue weighted by atomic mass is 9.80. The maximum absolute atomic E-state index is 3.97. The van der Waals surface area contributed by atoms with Crippen LogP contribution in [0.15, 0.2) is 66.7 Å². The number of fused-ring (bicyclic) bond motifs is 3. The molecule has 1 aliphatic heterocycles. The number of rotatable bonds is 3. The van der Waals surface area contributed by atoms with E-state index in [0.29, 0.717) is 12.0 Å². The van der Waals surface area contributed by atoms with E-state index in [1.54, 1.807) is 5.56 Å². The molecule has 1 aliphatic carbocycles. The Balaban J connectivity index is 0.000000994. The second-order valence-electron chi connectivity index (χ2n) is 7.94. The van der Waals surface area contributed by atoms with Crippen LogP contribution in [0.2, 0.25) is 0 Å². The maximum atomic E-state index is 3.97. The summed E-state index contributed by atoms with van der Waals surface area (Å²) in [7, 11) is 0. The number of benzene rings is 3. The normalized spacial score (nSPS) is 19.4. The van der Waals surface area contributed by atoms with Crippen molar-refractivity contribution in [3.05, 3.63) is 84.8 Å². The number of halogens is 1. The average molecular weight is 494 g/mol. The fraction of sp³-hybridized carbons (Fsp3) is 0.296. The highest BCUT2D eigenvalue weighted by atomic mass is 127. The van der Waals surface area contributed by atoms with E-state index < -0.39 is 0 Å². The third kappa shape index (κ3) is 4.05. The topological polar surface area (TPSA) is 12.0 Å². The predicted octanol–water partition coefficient (Wildman–Crippen LogP) is 7.90. The van der Waals surface area contributed by atoms with E-state index in [2.05, 4.69) is 102 Å². The van der Waals surface area contributed by atoms with Gasteiger partial charge in [0.05, 0.1) is 6.92 Å². The molecule has 1 heterocycles. The minimum atomic E-state index is 0.633. The van der Waals surface area contributed by atoms with Crippen LogP contribution in [0.25, 0.3) is 22.3 Å². The second-order valence-corrected chi connectivity index (χ2v) is 7.94. The zero-order chi connectivity index (χ0) is 20.2. The first-order valence-corrected chi connectivity index (χ1v) is 12.8. The molecule has 5 rings (SSSR count). The summed E-state index contributed by atoms with van der Waals surface area (Å²) < 4.78 is 0. The number of hydrogen-bond donors (Lipinski definition) is 1. The first kappa shape index (κ1) is 20.3. The molecule has 0 amide bonds. The fourth-order valence-corrected chi connectivity index (χ4v) is 4.92. The molecule has 2 unspecified atom stereocenters. The molecule has 0 bridgehead atoms. The monoisotopic (exact) mass is 494 g/mol. The molecule has 2 heteroatoms. The Bertz CT molecular complexity index is 961. The van der Waals surface area contributed by atoms with Crippen molar-refractivity contribution in [3.8, 4) is 22.3 Å². The van der Waals surface area contributed by atoms with Crippen molar-refractivity contribution in [1.29, 1.82) is 0 Å². The molecule has 0 spiro atoms. The molecule has 1 nitrogen and oxygen atoms in total. The number of hydrogen-bond acceptors (Lipinski definition) is 1. The number of anilines is 1. The van der Waals surface area contributed by atoms with Crippen LogP contribution in [0.4, 0.5) is 5.69 Å². The summed E-state index contributed by atoms with van der Waals surface area (Å²) in [6, 6.07) is 25.2. The van der Waals surface area contributed by atoms with E-state index in [4.69, 9.17) is 0 Å². The van der Waals surface area contributed by atoms with Gasteiger partial charge in [-0.2, -0.15) is 0 Å². The number of nitrogens with one attached hydrogen (secondary N) is 1. The van der Waals surface area contributed by atoms with Gasteiger partial charge in [0.2, 0.25) is 0 Å². The van der Waals surface area contributed by atoms with Gasteiger partial charge in [0.15, 0.2) is 0 Å². The summed E-state index contributed by atoms with van der Waals surface area (Å²) >= 11 is 2.15. The van der Waals surface area contributed by atoms with Crippen LogP contribution in [0.3, 0.4) is 0 Å². The van der Waals surface area contributed by atoms with Crippen molar-refractivity contribution >= 4 is 28.3 Å². The summed E-state index contributed by atoms with van der Waals surface area (Å²) in [5.41, 5.74) is 9.48. The molecule has 3 aromatic rings. The fourth-order valence-electron chi connectivity index (χ4n) is 4.92. The highest BCUT2D eigenvalue weighted by molar-refractivity contribution is 14.1. The highest BCUT2D eigenvalue weighted by Crippen LogP contribution is 2.48. The van der Waals surface area contributed by atoms with Gasteiger partial charge in [-0.25, -0.2) is 0 Å². The van der Waals surface area contributed by atoms with Crippen LogP contribution in [0.1, 0.15) is 42.7 Å². The van der Waals surface area contributed by atoms with Gasteiger partial charge in [0, 0.05) is 17.6 Å². The molecule has 0 radical (unpaired) electrons. The molecular weight excluding hydrogens is 465 g/mol. The lowest BCUT2D eigenvalue weighted by molar-refractivity contribution is 0.422. The molecule has 1 saturated carbocycles. The predicted molar refractivity (Wildman–Crippen MR) is 135 cm³/mol. The third-order valence-corrected chi connectivity index (χ3v) is 6.33. The highest BCUT2D eigenvalue weighted by Gasteiger charge is 2.35. The Kier molecular flexibility index (Phi) is 6.49. The zero-order valence-corrected chi connectivity index (χ0v) is 19.3. The van der Waals surface area contributed by atoms with E-state index in [0.717, 1.165) is 6.42 Å². The van der Waals surface area contributed by atoms with Gasteiger partial charge in [-0.1, -0.05) is 90.0 Å². The number of alkyl halides is 1. The summed E-state index contributed by atoms with van der Waals surface area (Å²) in [4.78, 5) is 1.97. The lowest BCUT2D eigenvalue weighted by Gasteiger charge is -2.26. The molecule has 1 N–H and O–H groups in total. The van der Waals surface area contributed by atoms with Crippen molar-refractivity contribution in [1.82, 2.24) is 0 Å². The summed E-state index contributed by atoms with van der Waals surface area (Å²) in [6.07, 6.45) is 6.17. The minimum absolute atomic E-state index is 0.633. The van der Waals surface area contributed by atoms with Crippen molar-refractivity contribution < 1.29 is 0 Å². The Morgan fingerprint density at radius 3 is 2.38 bits per heavy atom. The van der Waals surface area contributed by atoms with Crippen molar-refractivity contribution in [2.75, 3.05) is 10.2 Å². The van der Waals surface area contributed by atoms with Crippen molar-refractivity contribution in [2.24, 2.45) is 0 Å². The quantitative estimate of drug-likeness (QED) is 0.222. The van der Waals surface area contributed by atoms with Crippen LogP contribution in [0, 0.1) is 6.92 Å². The first-order chi connectivity index (χ1) is 14.3. The van der Waals surface area contributed by atoms with E-state index >= 15 is 0 Å². The first-order valence-electron chi connectivity index (χ1n) is 10.6. The Labute approximate surface area is 189 Å². The summed E-state index contributed by atoms with van der Waals surface area (Å²) in [6.45, 7) is 3.97. The van der Waals surface area contributed by atoms with Crippen LogP contribution >= 0.6 is 22.6 Å². The maximum Gasteiger partial charge on any atom is 0.110 e. The smallest absolute Gasteiger partial charge is 0.110 e. The van der Waals surface area contributed by atoms with E-state index in [9.17, 15) is 0 Å². The largest absolute Gasteiger partial charge is 0.381 e. The van der Waals surface area contributed by atoms with Crippen LogP contribution in [-0.4, -0.2) is 11.0 Å². The minimum Gasteiger partial charge on any atom is -0.381 e. The van der Waals surface area contributed by atoms with E-state index in [1.807, 2.05) is 4.93 Å². The molecule has 148 valence electrons. The molecule has 2 aliphatic rings. The van der Waals surface area contributed by atoms with Crippen LogP contribution in [-0.2, 0) is 6.42 Å². The molecular formula is C27H29IN+. The Morgan fingerprint density at radius 2 is 1.59 bits per heavy atom. The van der Waals surface area contributed by atoms with Crippen LogP contribution < -0.4 is 5.32 Å². The van der Waals surface area contributed by atoms with E-state index in [-0.39, 0.29) is 0 Å². The van der Waals surface area contributed by atoms with Gasteiger partial charge in [-0.05, 0) is 63.3 Å². The van der Waals surface area contributed by atoms with Gasteiger partial charge in [-0.3, -0.25) is 0 Å². The van der Waals surface area contributed by atoms with Gasteiger partial charge < -0.3 is 5.32 Å². The standard InChI is InChI=1S/C26H26N.CH3I/c1-2-18-13-15-19(16-14-18)20-7-5-8-21(17-20)22-10-6-12-25-26(22)23-9-3-4-11-24(23)27-25;1-2/h5-8,10,12-17,23-24,27H,1-4,9,11H2;1H3/q+1;. The zero-order valence-electron chi connectivity index (χ0n) is 17.1. The Morgan fingerprint density at radius 1 is 0.862 bits per heavy atom.